The molecule has 3 aromatic carbocycles. The number of aromatic nitrogens is 3. The van der Waals surface area contributed by atoms with Crippen LogP contribution in [-0.4, -0.2) is 26.5 Å². The van der Waals surface area contributed by atoms with Gasteiger partial charge in [0.15, 0.2) is 23.2 Å². The van der Waals surface area contributed by atoms with Gasteiger partial charge in [-0.25, -0.2) is 9.97 Å². The summed E-state index contributed by atoms with van der Waals surface area (Å²) < 4.78 is 0. The third-order valence-electron chi connectivity index (χ3n) is 10.3. The van der Waals surface area contributed by atoms with Crippen molar-refractivity contribution in [3.05, 3.63) is 148 Å². The van der Waals surface area contributed by atoms with E-state index in [2.05, 4.69) is 113 Å². The van der Waals surface area contributed by atoms with Crippen LogP contribution in [-0.2, 0) is 0 Å². The van der Waals surface area contributed by atoms with Gasteiger partial charge < -0.3 is 0 Å². The number of allylic oxidation sites excluding steroid dienone is 5. The van der Waals surface area contributed by atoms with Gasteiger partial charge in [0.1, 0.15) is 5.82 Å². The van der Waals surface area contributed by atoms with Crippen molar-refractivity contribution in [3.8, 4) is 0 Å². The molecule has 0 radical (unpaired) electrons. The molecule has 2 aromatic heterocycles. The van der Waals surface area contributed by atoms with E-state index in [1.807, 2.05) is 36.4 Å². The van der Waals surface area contributed by atoms with E-state index < -0.39 is 0 Å². The number of pyridine rings is 1. The maximum Gasteiger partial charge on any atom is 0.199 e. The van der Waals surface area contributed by atoms with Crippen LogP contribution < -0.4 is 9.80 Å². The van der Waals surface area contributed by atoms with Crippen LogP contribution in [0.5, 0.6) is 0 Å². The third kappa shape index (κ3) is 6.08. The second-order valence-corrected chi connectivity index (χ2v) is 15.2. The second kappa shape index (κ2) is 14.0. The fourth-order valence-corrected chi connectivity index (χ4v) is 7.58. The highest BCUT2D eigenvalue weighted by Gasteiger charge is 2.42. The molecule has 0 saturated heterocycles. The first-order chi connectivity index (χ1) is 25.4. The zero-order valence-corrected chi connectivity index (χ0v) is 32.1. The average Bonchev–Trinajstić information content (AvgIpc) is 3.59. The average molecular weight is 702 g/mol. The number of para-hydroxylation sites is 4. The molecule has 5 aromatic rings. The number of hydrogen-bond donors (Lipinski definition) is 0. The Bertz CT molecular complexity index is 2180. The highest BCUT2D eigenvalue weighted by atomic mass is 16.2. The lowest BCUT2D eigenvalue weighted by Crippen LogP contribution is -2.27. The standard InChI is InChI=1S/C46H47N5O2/c1-26(2)31-16-13-17-32(27(3)4)40(31)50-44-45(49-39-22-11-10-21-38(39)48-44)51(41-33(28(5)6)18-14-19-34(41)29(7)8)46(50)30(9)15-12-20-36-42(52)35-23-24-47-25-37(35)43(36)53/h10-29H,1-9H3/b15-12+,36-20-. The first-order valence-electron chi connectivity index (χ1n) is 18.7. The molecule has 7 nitrogen and oxygen atoms in total. The molecule has 0 spiro atoms. The van der Waals surface area contributed by atoms with Crippen LogP contribution in [0.2, 0.25) is 0 Å². The number of ketones is 2. The van der Waals surface area contributed by atoms with Crippen molar-refractivity contribution in [2.75, 3.05) is 9.80 Å². The molecule has 0 saturated carbocycles. The van der Waals surface area contributed by atoms with Gasteiger partial charge in [0.05, 0.1) is 33.5 Å². The number of anilines is 4. The first kappa shape index (κ1) is 35.7. The van der Waals surface area contributed by atoms with Crippen molar-refractivity contribution >= 4 is 45.6 Å². The summed E-state index contributed by atoms with van der Waals surface area (Å²) in [5, 5.41) is 0. The molecule has 1 aliphatic heterocycles. The Kier molecular flexibility index (Phi) is 9.45. The van der Waals surface area contributed by atoms with E-state index in [4.69, 9.17) is 9.97 Å². The normalized spacial score (nSPS) is 15.1. The molecule has 0 amide bonds. The molecule has 7 rings (SSSR count). The summed E-state index contributed by atoms with van der Waals surface area (Å²) in [6, 6.07) is 22.9. The molecule has 268 valence electrons. The molecule has 0 N–H and O–H groups in total. The van der Waals surface area contributed by atoms with Crippen LogP contribution in [0, 0.1) is 0 Å². The van der Waals surface area contributed by atoms with E-state index in [9.17, 15) is 9.59 Å². The van der Waals surface area contributed by atoms with Gasteiger partial charge in [0, 0.05) is 18.0 Å². The van der Waals surface area contributed by atoms with E-state index in [-0.39, 0.29) is 40.8 Å². The molecule has 0 atom stereocenters. The molecule has 53 heavy (non-hydrogen) atoms. The van der Waals surface area contributed by atoms with Crippen LogP contribution in [0.4, 0.5) is 23.0 Å². The lowest BCUT2D eigenvalue weighted by molar-refractivity contribution is 0.0988. The van der Waals surface area contributed by atoms with Crippen LogP contribution in [0.15, 0.2) is 114 Å². The number of Topliss-reactive ketones (excluding diaryl/α,β-unsaturated/α-hetero) is 2. The summed E-state index contributed by atoms with van der Waals surface area (Å²) in [5.41, 5.74) is 10.5. The minimum absolute atomic E-state index is 0.138. The zero-order valence-electron chi connectivity index (χ0n) is 32.1. The maximum atomic E-state index is 13.3. The fraction of sp³-hybridized carbons (Fsp3) is 0.283. The molecular weight excluding hydrogens is 655 g/mol. The number of fused-ring (bicyclic) bond motifs is 3. The Morgan fingerprint density at radius 2 is 1.06 bits per heavy atom. The maximum absolute atomic E-state index is 13.3. The van der Waals surface area contributed by atoms with Gasteiger partial charge in [0.25, 0.3) is 0 Å². The van der Waals surface area contributed by atoms with Gasteiger partial charge >= 0.3 is 0 Å². The number of benzene rings is 3. The van der Waals surface area contributed by atoms with Gasteiger partial charge in [0.2, 0.25) is 0 Å². The van der Waals surface area contributed by atoms with E-state index in [1.54, 1.807) is 18.3 Å². The van der Waals surface area contributed by atoms with Gasteiger partial charge in [-0.2, -0.15) is 0 Å². The minimum Gasteiger partial charge on any atom is -0.288 e. The number of hydrogen-bond acceptors (Lipinski definition) is 7. The fourth-order valence-electron chi connectivity index (χ4n) is 7.58. The van der Waals surface area contributed by atoms with E-state index >= 15 is 0 Å². The summed E-state index contributed by atoms with van der Waals surface area (Å²) in [5.74, 6) is 2.74. The quantitative estimate of drug-likeness (QED) is 0.118. The van der Waals surface area contributed by atoms with Crippen molar-refractivity contribution in [2.45, 2.75) is 86.0 Å². The largest absolute Gasteiger partial charge is 0.288 e. The number of nitrogens with zero attached hydrogens (tertiary/aromatic N) is 5. The highest BCUT2D eigenvalue weighted by molar-refractivity contribution is 6.39. The predicted octanol–water partition coefficient (Wildman–Crippen LogP) is 11.6. The Labute approximate surface area is 312 Å². The summed E-state index contributed by atoms with van der Waals surface area (Å²) in [4.78, 5) is 46.1. The molecule has 0 unspecified atom stereocenters. The zero-order chi connectivity index (χ0) is 37.7. The molecule has 0 fully saturated rings. The van der Waals surface area contributed by atoms with Crippen molar-refractivity contribution < 1.29 is 9.59 Å². The van der Waals surface area contributed by atoms with Crippen LogP contribution in [0.25, 0.3) is 11.0 Å². The first-order valence-corrected chi connectivity index (χ1v) is 18.7. The minimum atomic E-state index is -0.301. The summed E-state index contributed by atoms with van der Waals surface area (Å²) in [6.45, 7) is 20.0. The van der Waals surface area contributed by atoms with Gasteiger partial charge in [-0.15, -0.1) is 0 Å². The van der Waals surface area contributed by atoms with Crippen LogP contribution >= 0.6 is 0 Å². The van der Waals surface area contributed by atoms with Gasteiger partial charge in [-0.3, -0.25) is 24.4 Å². The van der Waals surface area contributed by atoms with Crippen LogP contribution in [0.1, 0.15) is 129 Å². The van der Waals surface area contributed by atoms with Crippen molar-refractivity contribution in [1.82, 2.24) is 15.0 Å². The Balaban J connectivity index is 1.57. The number of carbonyl (C=O) groups excluding carboxylic acids is 2. The van der Waals surface area contributed by atoms with E-state index in [0.717, 1.165) is 45.4 Å². The van der Waals surface area contributed by atoms with Crippen molar-refractivity contribution in [3.63, 3.8) is 0 Å². The smallest absolute Gasteiger partial charge is 0.199 e. The molecule has 3 heterocycles. The SMILES string of the molecule is CC(/C=C/C=C1/C(=O)c2ccncc2C1=O)=C1N(c2c(C(C)C)cccc2C(C)C)c2nc3ccccc3nc2N1c1c(C(C)C)cccc1C(C)C. The highest BCUT2D eigenvalue weighted by Crippen LogP contribution is 2.54. The van der Waals surface area contributed by atoms with Crippen LogP contribution in [0.3, 0.4) is 0 Å². The van der Waals surface area contributed by atoms with Gasteiger partial charge in [-0.1, -0.05) is 116 Å². The summed E-state index contributed by atoms with van der Waals surface area (Å²) >= 11 is 0. The monoisotopic (exact) mass is 701 g/mol. The third-order valence-corrected chi connectivity index (χ3v) is 10.3. The van der Waals surface area contributed by atoms with E-state index in [0.29, 0.717) is 11.1 Å². The second-order valence-electron chi connectivity index (χ2n) is 15.2. The Morgan fingerprint density at radius 3 is 1.49 bits per heavy atom. The van der Waals surface area contributed by atoms with Gasteiger partial charge in [-0.05, 0) is 82.7 Å². The Hall–Kier alpha value is -5.69. The predicted molar refractivity (Wildman–Crippen MR) is 216 cm³/mol. The lowest BCUT2D eigenvalue weighted by atomic mass is 9.91. The Morgan fingerprint density at radius 1 is 0.604 bits per heavy atom. The lowest BCUT2D eigenvalue weighted by Gasteiger charge is -2.33. The summed E-state index contributed by atoms with van der Waals surface area (Å²) in [7, 11) is 0. The topological polar surface area (TPSA) is 79.3 Å². The van der Waals surface area contributed by atoms with E-state index in [1.165, 1.54) is 28.5 Å². The number of rotatable bonds is 8. The molecule has 0 bridgehead atoms. The molecule has 2 aliphatic rings. The molecular formula is C46H47N5O2. The summed E-state index contributed by atoms with van der Waals surface area (Å²) in [6.07, 6.45) is 8.47. The number of carbonyl (C=O) groups is 2. The molecule has 7 heteroatoms. The molecule has 1 aliphatic carbocycles. The van der Waals surface area contributed by atoms with Crippen molar-refractivity contribution in [1.29, 1.82) is 0 Å². The van der Waals surface area contributed by atoms with Crippen molar-refractivity contribution in [2.24, 2.45) is 0 Å².